The van der Waals surface area contributed by atoms with E-state index in [2.05, 4.69) is 36.7 Å². The SMILES string of the molecule is CCC(C)C1(CBr)CCOC1C. The molecule has 0 amide bonds. The van der Waals surface area contributed by atoms with Crippen molar-refractivity contribution in [1.82, 2.24) is 0 Å². The van der Waals surface area contributed by atoms with Crippen LogP contribution in [-0.2, 0) is 4.74 Å². The van der Waals surface area contributed by atoms with Crippen LogP contribution in [-0.4, -0.2) is 18.0 Å². The van der Waals surface area contributed by atoms with Gasteiger partial charge < -0.3 is 4.74 Å². The van der Waals surface area contributed by atoms with Crippen LogP contribution in [0, 0.1) is 11.3 Å². The lowest BCUT2D eigenvalue weighted by atomic mass is 9.72. The Bertz CT molecular complexity index is 149. The minimum Gasteiger partial charge on any atom is -0.378 e. The first-order valence-electron chi connectivity index (χ1n) is 4.85. The fourth-order valence-corrected chi connectivity index (χ4v) is 3.44. The maximum Gasteiger partial charge on any atom is 0.0614 e. The van der Waals surface area contributed by atoms with Crippen molar-refractivity contribution in [2.45, 2.75) is 39.7 Å². The molecule has 0 aromatic heterocycles. The molecule has 1 nitrogen and oxygen atoms in total. The zero-order valence-corrected chi connectivity index (χ0v) is 9.86. The van der Waals surface area contributed by atoms with Gasteiger partial charge in [-0.2, -0.15) is 0 Å². The minimum absolute atomic E-state index is 0.398. The lowest BCUT2D eigenvalue weighted by Gasteiger charge is -2.36. The van der Waals surface area contributed by atoms with Crippen molar-refractivity contribution in [2.75, 3.05) is 11.9 Å². The Kier molecular flexibility index (Phi) is 3.59. The molecule has 12 heavy (non-hydrogen) atoms. The van der Waals surface area contributed by atoms with Crippen LogP contribution in [0.4, 0.5) is 0 Å². The van der Waals surface area contributed by atoms with E-state index in [1.165, 1.54) is 12.8 Å². The molecular formula is C10H19BrO. The summed E-state index contributed by atoms with van der Waals surface area (Å²) in [4.78, 5) is 0. The van der Waals surface area contributed by atoms with Crippen LogP contribution in [0.15, 0.2) is 0 Å². The first kappa shape index (κ1) is 10.5. The smallest absolute Gasteiger partial charge is 0.0614 e. The van der Waals surface area contributed by atoms with Gasteiger partial charge in [0.2, 0.25) is 0 Å². The predicted octanol–water partition coefficient (Wildman–Crippen LogP) is 3.22. The molecule has 2 heteroatoms. The average molecular weight is 235 g/mol. The molecule has 1 saturated heterocycles. The number of halogens is 1. The van der Waals surface area contributed by atoms with Crippen molar-refractivity contribution in [3.63, 3.8) is 0 Å². The van der Waals surface area contributed by atoms with E-state index in [4.69, 9.17) is 4.74 Å². The van der Waals surface area contributed by atoms with Crippen LogP contribution in [0.2, 0.25) is 0 Å². The van der Waals surface area contributed by atoms with E-state index >= 15 is 0 Å². The molecule has 0 aliphatic carbocycles. The van der Waals surface area contributed by atoms with E-state index < -0.39 is 0 Å². The first-order chi connectivity index (χ1) is 5.67. The van der Waals surface area contributed by atoms with Gasteiger partial charge in [-0.3, -0.25) is 0 Å². The lowest BCUT2D eigenvalue weighted by molar-refractivity contribution is 0.0466. The molecule has 3 unspecified atom stereocenters. The van der Waals surface area contributed by atoms with Crippen molar-refractivity contribution in [3.05, 3.63) is 0 Å². The zero-order valence-electron chi connectivity index (χ0n) is 8.27. The highest BCUT2D eigenvalue weighted by Gasteiger charge is 2.43. The largest absolute Gasteiger partial charge is 0.378 e. The fourth-order valence-electron chi connectivity index (χ4n) is 2.16. The Morgan fingerprint density at radius 2 is 2.33 bits per heavy atom. The van der Waals surface area contributed by atoms with E-state index in [-0.39, 0.29) is 0 Å². The van der Waals surface area contributed by atoms with Gasteiger partial charge in [-0.1, -0.05) is 36.2 Å². The number of ether oxygens (including phenoxy) is 1. The monoisotopic (exact) mass is 234 g/mol. The van der Waals surface area contributed by atoms with Crippen LogP contribution in [0.1, 0.15) is 33.6 Å². The van der Waals surface area contributed by atoms with Crippen LogP contribution in [0.5, 0.6) is 0 Å². The highest BCUT2D eigenvalue weighted by Crippen LogP contribution is 2.44. The van der Waals surface area contributed by atoms with Crippen molar-refractivity contribution in [3.8, 4) is 0 Å². The van der Waals surface area contributed by atoms with E-state index in [1.807, 2.05) is 0 Å². The van der Waals surface area contributed by atoms with Gasteiger partial charge in [0.05, 0.1) is 6.10 Å². The van der Waals surface area contributed by atoms with Crippen LogP contribution < -0.4 is 0 Å². The maximum absolute atomic E-state index is 5.65. The quantitative estimate of drug-likeness (QED) is 0.682. The Hall–Kier alpha value is 0.440. The van der Waals surface area contributed by atoms with E-state index in [0.29, 0.717) is 11.5 Å². The lowest BCUT2D eigenvalue weighted by Crippen LogP contribution is -2.36. The van der Waals surface area contributed by atoms with Crippen molar-refractivity contribution < 1.29 is 4.74 Å². The summed E-state index contributed by atoms with van der Waals surface area (Å²) >= 11 is 3.64. The van der Waals surface area contributed by atoms with Crippen LogP contribution in [0.25, 0.3) is 0 Å². The first-order valence-corrected chi connectivity index (χ1v) is 5.97. The summed E-state index contributed by atoms with van der Waals surface area (Å²) in [5.41, 5.74) is 0.398. The second-order valence-corrected chi connectivity index (χ2v) is 4.50. The molecule has 1 fully saturated rings. The Balaban J connectivity index is 2.73. The minimum atomic E-state index is 0.398. The van der Waals surface area contributed by atoms with Gasteiger partial charge in [-0.05, 0) is 19.3 Å². The molecule has 72 valence electrons. The summed E-state index contributed by atoms with van der Waals surface area (Å²) in [6.07, 6.45) is 2.89. The van der Waals surface area contributed by atoms with E-state index in [0.717, 1.165) is 17.9 Å². The molecule has 0 N–H and O–H groups in total. The molecule has 0 radical (unpaired) electrons. The average Bonchev–Trinajstić information content (AvgIpc) is 2.46. The molecular weight excluding hydrogens is 216 g/mol. The summed E-state index contributed by atoms with van der Waals surface area (Å²) in [6, 6.07) is 0. The Morgan fingerprint density at radius 1 is 1.67 bits per heavy atom. The standard InChI is InChI=1S/C10H19BrO/c1-4-8(2)10(7-11)5-6-12-9(10)3/h8-9H,4-7H2,1-3H3. The fraction of sp³-hybridized carbons (Fsp3) is 1.00. The normalized spacial score (nSPS) is 38.5. The predicted molar refractivity (Wildman–Crippen MR) is 55.7 cm³/mol. The van der Waals surface area contributed by atoms with Gasteiger partial charge in [0, 0.05) is 17.4 Å². The van der Waals surface area contributed by atoms with Gasteiger partial charge >= 0.3 is 0 Å². The van der Waals surface area contributed by atoms with E-state index in [1.54, 1.807) is 0 Å². The summed E-state index contributed by atoms with van der Waals surface area (Å²) < 4.78 is 5.65. The topological polar surface area (TPSA) is 9.23 Å². The van der Waals surface area contributed by atoms with E-state index in [9.17, 15) is 0 Å². The Labute approximate surface area is 84.0 Å². The number of alkyl halides is 1. The highest BCUT2D eigenvalue weighted by molar-refractivity contribution is 9.09. The molecule has 1 aliphatic rings. The summed E-state index contributed by atoms with van der Waals surface area (Å²) in [5.74, 6) is 0.759. The second-order valence-electron chi connectivity index (χ2n) is 3.94. The maximum atomic E-state index is 5.65. The summed E-state index contributed by atoms with van der Waals surface area (Å²) in [7, 11) is 0. The molecule has 0 aromatic carbocycles. The third-order valence-electron chi connectivity index (χ3n) is 3.59. The molecule has 3 atom stereocenters. The summed E-state index contributed by atoms with van der Waals surface area (Å²) in [6.45, 7) is 7.75. The molecule has 0 bridgehead atoms. The van der Waals surface area contributed by atoms with Crippen LogP contribution >= 0.6 is 15.9 Å². The molecule has 0 aromatic rings. The summed E-state index contributed by atoms with van der Waals surface area (Å²) in [5, 5.41) is 1.08. The third-order valence-corrected chi connectivity index (χ3v) is 4.63. The second kappa shape index (κ2) is 4.10. The van der Waals surface area contributed by atoms with Gasteiger partial charge in [0.1, 0.15) is 0 Å². The zero-order chi connectivity index (χ0) is 9.19. The molecule has 1 rings (SSSR count). The van der Waals surface area contributed by atoms with Gasteiger partial charge in [0.15, 0.2) is 0 Å². The molecule has 0 spiro atoms. The van der Waals surface area contributed by atoms with Crippen LogP contribution in [0.3, 0.4) is 0 Å². The Morgan fingerprint density at radius 3 is 2.67 bits per heavy atom. The number of rotatable bonds is 3. The van der Waals surface area contributed by atoms with Gasteiger partial charge in [0.25, 0.3) is 0 Å². The third kappa shape index (κ3) is 1.56. The molecule has 0 saturated carbocycles. The van der Waals surface area contributed by atoms with Gasteiger partial charge in [-0.15, -0.1) is 0 Å². The number of hydrogen-bond donors (Lipinski definition) is 0. The van der Waals surface area contributed by atoms with Gasteiger partial charge in [-0.25, -0.2) is 0 Å². The van der Waals surface area contributed by atoms with Crippen molar-refractivity contribution in [2.24, 2.45) is 11.3 Å². The molecule has 1 heterocycles. The number of hydrogen-bond acceptors (Lipinski definition) is 1. The molecule has 1 aliphatic heterocycles. The van der Waals surface area contributed by atoms with Crippen molar-refractivity contribution in [1.29, 1.82) is 0 Å². The van der Waals surface area contributed by atoms with Crippen molar-refractivity contribution >= 4 is 15.9 Å². The highest BCUT2D eigenvalue weighted by atomic mass is 79.9.